The van der Waals surface area contributed by atoms with Crippen molar-refractivity contribution in [1.82, 2.24) is 15.5 Å². The molecule has 2 aliphatic carbocycles. The van der Waals surface area contributed by atoms with Crippen molar-refractivity contribution in [3.63, 3.8) is 0 Å². The van der Waals surface area contributed by atoms with Gasteiger partial charge >= 0.3 is 6.03 Å². The molecule has 4 heteroatoms. The van der Waals surface area contributed by atoms with E-state index < -0.39 is 0 Å². The van der Waals surface area contributed by atoms with Crippen LogP contribution in [0.1, 0.15) is 51.4 Å². The summed E-state index contributed by atoms with van der Waals surface area (Å²) < 4.78 is 0. The summed E-state index contributed by atoms with van der Waals surface area (Å²) in [5.41, 5.74) is 0. The summed E-state index contributed by atoms with van der Waals surface area (Å²) in [7, 11) is 0. The fourth-order valence-electron chi connectivity index (χ4n) is 3.28. The lowest BCUT2D eigenvalue weighted by molar-refractivity contribution is 0.173. The zero-order valence-corrected chi connectivity index (χ0v) is 11.9. The number of amides is 2. The topological polar surface area (TPSA) is 44.4 Å². The Morgan fingerprint density at radius 2 is 1.63 bits per heavy atom. The number of rotatable bonds is 4. The van der Waals surface area contributed by atoms with E-state index in [2.05, 4.69) is 10.6 Å². The molecule has 0 aromatic carbocycles. The third kappa shape index (κ3) is 3.85. The van der Waals surface area contributed by atoms with Crippen LogP contribution in [0.4, 0.5) is 4.79 Å². The predicted molar refractivity (Wildman–Crippen MR) is 76.1 cm³/mol. The molecule has 2 N–H and O–H groups in total. The van der Waals surface area contributed by atoms with Crippen LogP contribution in [0.25, 0.3) is 0 Å². The molecule has 0 unspecified atom stereocenters. The lowest BCUT2D eigenvalue weighted by Gasteiger charge is -2.33. The highest BCUT2D eigenvalue weighted by Gasteiger charge is 2.27. The van der Waals surface area contributed by atoms with Crippen LogP contribution in [0.2, 0.25) is 0 Å². The highest BCUT2D eigenvalue weighted by atomic mass is 16.2. The molecule has 4 nitrogen and oxygen atoms in total. The van der Waals surface area contributed by atoms with Crippen molar-refractivity contribution in [3.8, 4) is 0 Å². The molecule has 0 spiro atoms. The molecule has 0 aromatic heterocycles. The number of nitrogens with one attached hydrogen (secondary N) is 2. The molecule has 0 aromatic rings. The summed E-state index contributed by atoms with van der Waals surface area (Å²) in [4.78, 5) is 14.1. The number of carbonyl (C=O) groups is 1. The third-order valence-electron chi connectivity index (χ3n) is 4.86. The molecule has 3 fully saturated rings. The summed E-state index contributed by atoms with van der Waals surface area (Å²) >= 11 is 0. The molecule has 0 radical (unpaired) electrons. The van der Waals surface area contributed by atoms with Crippen LogP contribution >= 0.6 is 0 Å². The second kappa shape index (κ2) is 6.12. The number of hydrogen-bond donors (Lipinski definition) is 2. The smallest absolute Gasteiger partial charge is 0.317 e. The first-order valence-corrected chi connectivity index (χ1v) is 8.10. The molecule has 19 heavy (non-hydrogen) atoms. The highest BCUT2D eigenvalue weighted by molar-refractivity contribution is 5.74. The van der Waals surface area contributed by atoms with E-state index in [4.69, 9.17) is 0 Å². The van der Waals surface area contributed by atoms with Crippen molar-refractivity contribution in [2.45, 2.75) is 63.5 Å². The summed E-state index contributed by atoms with van der Waals surface area (Å²) in [5, 5.41) is 6.85. The van der Waals surface area contributed by atoms with Gasteiger partial charge in [0.1, 0.15) is 0 Å². The van der Waals surface area contributed by atoms with Gasteiger partial charge in [-0.25, -0.2) is 4.79 Å². The molecule has 3 rings (SSSR count). The van der Waals surface area contributed by atoms with Crippen LogP contribution < -0.4 is 10.6 Å². The van der Waals surface area contributed by atoms with Gasteiger partial charge in [-0.2, -0.15) is 0 Å². The van der Waals surface area contributed by atoms with Gasteiger partial charge in [-0.3, -0.25) is 0 Å². The Morgan fingerprint density at radius 1 is 0.947 bits per heavy atom. The normalized spacial score (nSPS) is 25.8. The molecule has 0 atom stereocenters. The fraction of sp³-hybridized carbons (Fsp3) is 0.933. The Bertz CT molecular complexity index is 303. The molecule has 1 aliphatic heterocycles. The minimum atomic E-state index is 0.174. The van der Waals surface area contributed by atoms with E-state index in [9.17, 15) is 4.79 Å². The van der Waals surface area contributed by atoms with E-state index in [1.165, 1.54) is 45.1 Å². The molecule has 1 heterocycles. The molecule has 108 valence electrons. The molecule has 1 saturated heterocycles. The Kier molecular flexibility index (Phi) is 4.26. The molecular weight excluding hydrogens is 238 g/mol. The van der Waals surface area contributed by atoms with Crippen molar-refractivity contribution in [2.24, 2.45) is 5.92 Å². The Balaban J connectivity index is 1.35. The zero-order valence-electron chi connectivity index (χ0n) is 11.9. The van der Waals surface area contributed by atoms with Crippen molar-refractivity contribution >= 4 is 6.03 Å². The fourth-order valence-corrected chi connectivity index (χ4v) is 3.28. The SMILES string of the molecule is O=C(NC1CCCC1)N1CCC(NCC2CC2)CC1. The summed E-state index contributed by atoms with van der Waals surface area (Å²) in [5.74, 6) is 0.948. The molecule has 3 aliphatic rings. The van der Waals surface area contributed by atoms with E-state index in [-0.39, 0.29) is 6.03 Å². The summed E-state index contributed by atoms with van der Waals surface area (Å²) in [6.07, 6.45) is 9.95. The maximum absolute atomic E-state index is 12.1. The van der Waals surface area contributed by atoms with Gasteiger partial charge in [0.05, 0.1) is 0 Å². The van der Waals surface area contributed by atoms with Gasteiger partial charge in [-0.05, 0) is 51.0 Å². The van der Waals surface area contributed by atoms with E-state index in [1.54, 1.807) is 0 Å². The zero-order chi connectivity index (χ0) is 13.1. The average Bonchev–Trinajstić information content (AvgIpc) is 3.13. The van der Waals surface area contributed by atoms with Gasteiger partial charge in [0.25, 0.3) is 0 Å². The largest absolute Gasteiger partial charge is 0.335 e. The standard InChI is InChI=1S/C15H27N3O/c19-15(17-14-3-1-2-4-14)18-9-7-13(8-10-18)16-11-12-5-6-12/h12-14,16H,1-11H2,(H,17,19). The lowest BCUT2D eigenvalue weighted by Crippen LogP contribution is -2.50. The summed E-state index contributed by atoms with van der Waals surface area (Å²) in [6, 6.07) is 1.25. The van der Waals surface area contributed by atoms with Crippen LogP contribution in [0.15, 0.2) is 0 Å². The highest BCUT2D eigenvalue weighted by Crippen LogP contribution is 2.28. The predicted octanol–water partition coefficient (Wildman–Crippen LogP) is 2.10. The first-order chi connectivity index (χ1) is 9.31. The molecule has 0 bridgehead atoms. The van der Waals surface area contributed by atoms with E-state index >= 15 is 0 Å². The third-order valence-corrected chi connectivity index (χ3v) is 4.86. The summed E-state index contributed by atoms with van der Waals surface area (Å²) in [6.45, 7) is 3.03. The van der Waals surface area contributed by atoms with Gasteiger partial charge in [0.2, 0.25) is 0 Å². The maximum Gasteiger partial charge on any atom is 0.317 e. The quantitative estimate of drug-likeness (QED) is 0.817. The molecule has 2 amide bonds. The second-order valence-electron chi connectivity index (χ2n) is 6.54. The number of urea groups is 1. The van der Waals surface area contributed by atoms with Crippen molar-refractivity contribution in [1.29, 1.82) is 0 Å². The lowest BCUT2D eigenvalue weighted by atomic mass is 10.1. The monoisotopic (exact) mass is 265 g/mol. The number of likely N-dealkylation sites (tertiary alicyclic amines) is 1. The molecule has 2 saturated carbocycles. The van der Waals surface area contributed by atoms with Gasteiger partial charge in [-0.1, -0.05) is 12.8 Å². The first-order valence-electron chi connectivity index (χ1n) is 8.10. The number of carbonyl (C=O) groups excluding carboxylic acids is 1. The number of hydrogen-bond acceptors (Lipinski definition) is 2. The first kappa shape index (κ1) is 13.2. The second-order valence-corrected chi connectivity index (χ2v) is 6.54. The average molecular weight is 265 g/mol. The molecular formula is C15H27N3O. The van der Waals surface area contributed by atoms with Gasteiger partial charge in [0, 0.05) is 25.2 Å². The number of nitrogens with zero attached hydrogens (tertiary/aromatic N) is 1. The van der Waals surface area contributed by atoms with Gasteiger partial charge in [-0.15, -0.1) is 0 Å². The van der Waals surface area contributed by atoms with Crippen LogP contribution in [-0.2, 0) is 0 Å². The van der Waals surface area contributed by atoms with E-state index in [0.717, 1.165) is 31.8 Å². The van der Waals surface area contributed by atoms with Crippen LogP contribution in [0.5, 0.6) is 0 Å². The van der Waals surface area contributed by atoms with Gasteiger partial charge in [0.15, 0.2) is 0 Å². The van der Waals surface area contributed by atoms with Crippen LogP contribution in [0.3, 0.4) is 0 Å². The minimum Gasteiger partial charge on any atom is -0.335 e. The minimum absolute atomic E-state index is 0.174. The Morgan fingerprint density at radius 3 is 2.26 bits per heavy atom. The van der Waals surface area contributed by atoms with Crippen LogP contribution in [-0.4, -0.2) is 42.6 Å². The van der Waals surface area contributed by atoms with Crippen LogP contribution in [0, 0.1) is 5.92 Å². The Labute approximate surface area is 116 Å². The number of piperidine rings is 1. The maximum atomic E-state index is 12.1. The Hall–Kier alpha value is -0.770. The van der Waals surface area contributed by atoms with Gasteiger partial charge < -0.3 is 15.5 Å². The van der Waals surface area contributed by atoms with Crippen molar-refractivity contribution in [2.75, 3.05) is 19.6 Å². The van der Waals surface area contributed by atoms with E-state index in [1.807, 2.05) is 4.90 Å². The van der Waals surface area contributed by atoms with E-state index in [0.29, 0.717) is 12.1 Å². The van der Waals surface area contributed by atoms with Crippen molar-refractivity contribution in [3.05, 3.63) is 0 Å². The van der Waals surface area contributed by atoms with Crippen molar-refractivity contribution < 1.29 is 4.79 Å².